The van der Waals surface area contributed by atoms with E-state index >= 15 is 0 Å². The van der Waals surface area contributed by atoms with Crippen LogP contribution in [0.4, 0.5) is 0 Å². The van der Waals surface area contributed by atoms with Crippen LogP contribution in [-0.4, -0.2) is 0 Å². The molecule has 1 unspecified atom stereocenters. The predicted octanol–water partition coefficient (Wildman–Crippen LogP) is 2.49. The van der Waals surface area contributed by atoms with Gasteiger partial charge in [0.25, 0.3) is 0 Å². The summed E-state index contributed by atoms with van der Waals surface area (Å²) in [5.41, 5.74) is 0. The minimum absolute atomic E-state index is 0. The topological polar surface area (TPSA) is 0 Å². The molecule has 1 atom stereocenters. The first kappa shape index (κ1) is 10.9. The predicted molar refractivity (Wildman–Crippen MR) is 45.8 cm³/mol. The molecule has 0 aliphatic rings. The molecule has 0 aromatic heterocycles. The van der Waals surface area contributed by atoms with Crippen molar-refractivity contribution in [3.8, 4) is 0 Å². The Morgan fingerprint density at radius 3 is 2.20 bits per heavy atom. The molecular weight excluding hydrogens is 275 g/mol. The Balaban J connectivity index is 0.000000810. The van der Waals surface area contributed by atoms with Gasteiger partial charge in [-0.05, 0) is 11.4 Å². The second kappa shape index (κ2) is 4.67. The molecule has 0 spiro atoms. The van der Waals surface area contributed by atoms with Crippen LogP contribution in [0, 0.1) is 0 Å². The first-order valence-electron chi connectivity index (χ1n) is 2.41. The average molecular weight is 280 g/mol. The molecule has 0 amide bonds. The van der Waals surface area contributed by atoms with E-state index in [0.717, 1.165) is 5.30 Å². The maximum atomic E-state index is 5.72. The van der Waals surface area contributed by atoms with Crippen LogP contribution in [0.25, 0.3) is 0 Å². The fourth-order valence-corrected chi connectivity index (χ4v) is 1.19. The molecular formula is C6H5Cl2PRu. The van der Waals surface area contributed by atoms with Crippen molar-refractivity contribution in [3.63, 3.8) is 0 Å². The summed E-state index contributed by atoms with van der Waals surface area (Å²) in [6, 6.07) is 5.51. The van der Waals surface area contributed by atoms with E-state index in [0.29, 0.717) is 10.0 Å². The van der Waals surface area contributed by atoms with Gasteiger partial charge in [-0.15, -0.1) is 9.24 Å². The van der Waals surface area contributed by atoms with E-state index in [1.807, 2.05) is 12.1 Å². The van der Waals surface area contributed by atoms with E-state index in [9.17, 15) is 0 Å². The Bertz CT molecular complexity index is 207. The molecule has 10 heavy (non-hydrogen) atoms. The maximum absolute atomic E-state index is 5.72. The number of halogens is 2. The monoisotopic (exact) mass is 280 g/mol. The van der Waals surface area contributed by atoms with E-state index < -0.39 is 0 Å². The van der Waals surface area contributed by atoms with Crippen molar-refractivity contribution >= 4 is 37.7 Å². The molecule has 0 saturated carbocycles. The standard InChI is InChI=1S/C6H5Cl2P.Ru/c7-4-2-1-3-5(9)6(4)8;/h1-3H,9H2;. The Kier molecular flexibility index (Phi) is 5.07. The summed E-state index contributed by atoms with van der Waals surface area (Å²) in [4.78, 5) is 0. The molecule has 0 saturated heterocycles. The Morgan fingerprint density at radius 2 is 1.80 bits per heavy atom. The number of benzene rings is 1. The van der Waals surface area contributed by atoms with Crippen molar-refractivity contribution in [2.75, 3.05) is 0 Å². The summed E-state index contributed by atoms with van der Waals surface area (Å²) in [5.74, 6) is 0. The van der Waals surface area contributed by atoms with Crippen molar-refractivity contribution < 1.29 is 19.5 Å². The van der Waals surface area contributed by atoms with Gasteiger partial charge in [0.2, 0.25) is 0 Å². The van der Waals surface area contributed by atoms with Crippen LogP contribution in [0.1, 0.15) is 0 Å². The van der Waals surface area contributed by atoms with Crippen molar-refractivity contribution in [2.45, 2.75) is 0 Å². The number of hydrogen-bond donors (Lipinski definition) is 0. The molecule has 1 aromatic carbocycles. The van der Waals surface area contributed by atoms with Crippen LogP contribution in [0.2, 0.25) is 10.0 Å². The summed E-state index contributed by atoms with van der Waals surface area (Å²) in [6.45, 7) is 0. The average Bonchev–Trinajstić information content (AvgIpc) is 1.83. The smallest absolute Gasteiger partial charge is 0.0663 e. The third kappa shape index (κ3) is 2.47. The van der Waals surface area contributed by atoms with E-state index in [-0.39, 0.29) is 19.5 Å². The zero-order valence-corrected chi connectivity index (χ0v) is 9.32. The molecule has 1 aromatic rings. The van der Waals surface area contributed by atoms with Crippen molar-refractivity contribution in [3.05, 3.63) is 28.2 Å². The third-order valence-electron chi connectivity index (χ3n) is 0.981. The molecule has 0 fully saturated rings. The number of rotatable bonds is 0. The van der Waals surface area contributed by atoms with Gasteiger partial charge in [0.15, 0.2) is 0 Å². The van der Waals surface area contributed by atoms with E-state index in [1.54, 1.807) is 6.07 Å². The van der Waals surface area contributed by atoms with Gasteiger partial charge in [-0.25, -0.2) is 0 Å². The molecule has 0 aliphatic heterocycles. The molecule has 0 radical (unpaired) electrons. The van der Waals surface area contributed by atoms with Crippen LogP contribution >= 0.6 is 32.4 Å². The SMILES string of the molecule is Pc1cccc(Cl)c1Cl.[Ru]. The van der Waals surface area contributed by atoms with Gasteiger partial charge in [0, 0.05) is 19.5 Å². The minimum Gasteiger partial charge on any atom is -0.104 e. The molecule has 0 aliphatic carbocycles. The largest absolute Gasteiger partial charge is 0.104 e. The van der Waals surface area contributed by atoms with Crippen molar-refractivity contribution in [1.82, 2.24) is 0 Å². The molecule has 0 N–H and O–H groups in total. The van der Waals surface area contributed by atoms with Crippen molar-refractivity contribution in [2.24, 2.45) is 0 Å². The second-order valence-electron chi connectivity index (χ2n) is 1.64. The zero-order valence-electron chi connectivity index (χ0n) is 4.92. The fourth-order valence-electron chi connectivity index (χ4n) is 0.520. The molecule has 56 valence electrons. The van der Waals surface area contributed by atoms with Gasteiger partial charge >= 0.3 is 0 Å². The summed E-state index contributed by atoms with van der Waals surface area (Å²) in [6.07, 6.45) is 0. The van der Waals surface area contributed by atoms with Gasteiger partial charge in [-0.1, -0.05) is 35.3 Å². The van der Waals surface area contributed by atoms with E-state index in [1.165, 1.54) is 0 Å². The third-order valence-corrected chi connectivity index (χ3v) is 2.48. The van der Waals surface area contributed by atoms with Gasteiger partial charge in [-0.2, -0.15) is 0 Å². The van der Waals surface area contributed by atoms with E-state index in [2.05, 4.69) is 9.24 Å². The normalized spacial score (nSPS) is 8.70. The van der Waals surface area contributed by atoms with Gasteiger partial charge in [0.05, 0.1) is 10.0 Å². The van der Waals surface area contributed by atoms with E-state index in [4.69, 9.17) is 23.2 Å². The zero-order chi connectivity index (χ0) is 6.85. The maximum Gasteiger partial charge on any atom is 0.0663 e. The molecule has 4 heteroatoms. The first-order valence-corrected chi connectivity index (χ1v) is 3.74. The van der Waals surface area contributed by atoms with Crippen LogP contribution in [0.15, 0.2) is 18.2 Å². The van der Waals surface area contributed by atoms with Crippen LogP contribution in [-0.2, 0) is 19.5 Å². The van der Waals surface area contributed by atoms with Gasteiger partial charge in [-0.3, -0.25) is 0 Å². The van der Waals surface area contributed by atoms with Crippen LogP contribution in [0.3, 0.4) is 0 Å². The minimum atomic E-state index is 0. The van der Waals surface area contributed by atoms with Gasteiger partial charge < -0.3 is 0 Å². The summed E-state index contributed by atoms with van der Waals surface area (Å²) in [7, 11) is 2.50. The fraction of sp³-hybridized carbons (Fsp3) is 0. The Labute approximate surface area is 85.3 Å². The molecule has 0 nitrogen and oxygen atoms in total. The first-order chi connectivity index (χ1) is 4.22. The van der Waals surface area contributed by atoms with Crippen molar-refractivity contribution in [1.29, 1.82) is 0 Å². The Hall–Kier alpha value is 0.853. The molecule has 0 bridgehead atoms. The van der Waals surface area contributed by atoms with Crippen LogP contribution < -0.4 is 5.30 Å². The van der Waals surface area contributed by atoms with Gasteiger partial charge in [0.1, 0.15) is 0 Å². The quantitative estimate of drug-likeness (QED) is 0.506. The summed E-state index contributed by atoms with van der Waals surface area (Å²) >= 11 is 11.4. The summed E-state index contributed by atoms with van der Waals surface area (Å²) in [5, 5.41) is 2.15. The molecule has 0 heterocycles. The summed E-state index contributed by atoms with van der Waals surface area (Å²) < 4.78 is 0. The van der Waals surface area contributed by atoms with Crippen LogP contribution in [0.5, 0.6) is 0 Å². The second-order valence-corrected chi connectivity index (χ2v) is 3.05. The number of hydrogen-bond acceptors (Lipinski definition) is 0. The molecule has 1 rings (SSSR count). The Morgan fingerprint density at radius 1 is 1.20 bits per heavy atom.